The van der Waals surface area contributed by atoms with Gasteiger partial charge in [0, 0.05) is 143 Å². The van der Waals surface area contributed by atoms with Crippen LogP contribution in [-0.2, 0) is 65.7 Å². The molecule has 0 amide bonds. The summed E-state index contributed by atoms with van der Waals surface area (Å²) < 4.78 is 16.4. The zero-order chi connectivity index (χ0) is 89.1. The van der Waals surface area contributed by atoms with E-state index in [2.05, 4.69) is 336 Å². The van der Waals surface area contributed by atoms with Gasteiger partial charge in [-0.25, -0.2) is 0 Å². The van der Waals surface area contributed by atoms with Crippen molar-refractivity contribution in [1.29, 1.82) is 0 Å². The molecule has 1 aliphatic rings. The molecule has 17 heteroatoms. The van der Waals surface area contributed by atoms with Crippen molar-refractivity contribution in [2.24, 2.45) is 0 Å². The van der Waals surface area contributed by atoms with Crippen molar-refractivity contribution in [2.75, 3.05) is 0 Å². The Morgan fingerprint density at radius 2 is 0.689 bits per heavy atom. The van der Waals surface area contributed by atoms with Crippen LogP contribution in [-0.4, -0.2) is 63.3 Å². The molecule has 13 nitrogen and oxygen atoms in total. The van der Waals surface area contributed by atoms with Gasteiger partial charge in [-0.15, -0.1) is 64.4 Å². The summed E-state index contributed by atoms with van der Waals surface area (Å²) in [4.78, 5) is 0. The fraction of sp³-hybridized carbons (Fsp3) is 0.165. The summed E-state index contributed by atoms with van der Waals surface area (Å²) in [6.45, 7) is 24.9. The SMILES string of the molecule is CCCCC1(CCCC)c2ccccc2-c2ccc(-c3c[c-]c(-n4nc(C)cc4C)cc3)cc21.Cc1cc(C)n(-c2[c-]cc(-c3ccc4c5ccccc5n(-c5ccccc5)c4c3)cc2)n1.Cc1cc(C)n(-c2[c-]cccc2)n1.Cc1cc(C)n(-c2[c-]cccc2)n1.Cc1cc(C)n(-c2[c-]cccc2)n1.[Ir].[Ir].[Ir].[c-]1cc(-c2ccc3c(c2)sc2ccccc23)ccc1-n1cccn1. The number of fused-ring (bicyclic) bond motifs is 9. The Balaban J connectivity index is 0.000000132. The van der Waals surface area contributed by atoms with Crippen LogP contribution in [0.2, 0.25) is 0 Å². The van der Waals surface area contributed by atoms with Gasteiger partial charge in [0.1, 0.15) is 0 Å². The van der Waals surface area contributed by atoms with Crippen molar-refractivity contribution in [2.45, 2.75) is 127 Å². The van der Waals surface area contributed by atoms with Crippen LogP contribution in [0, 0.1) is 106 Å². The van der Waals surface area contributed by atoms with Gasteiger partial charge >= 0.3 is 0 Å². The van der Waals surface area contributed by atoms with E-state index in [-0.39, 0.29) is 65.7 Å². The summed E-state index contributed by atoms with van der Waals surface area (Å²) in [5, 5.41) is 31.7. The minimum Gasteiger partial charge on any atom is -0.309 e. The minimum absolute atomic E-state index is 0. The van der Waals surface area contributed by atoms with Crippen LogP contribution in [0.1, 0.15) is 120 Å². The van der Waals surface area contributed by atoms with E-state index >= 15 is 0 Å². The first kappa shape index (κ1) is 95.2. The Labute approximate surface area is 819 Å². The molecule has 0 unspecified atom stereocenters. The molecule has 0 fully saturated rings. The Hall–Kier alpha value is -12.9. The first-order chi connectivity index (χ1) is 63.0. The molecule has 21 aromatic rings. The fourth-order valence-corrected chi connectivity index (χ4v) is 18.8. The molecule has 0 saturated heterocycles. The molecule has 132 heavy (non-hydrogen) atoms. The van der Waals surface area contributed by atoms with E-state index in [4.69, 9.17) is 0 Å². The Morgan fingerprint density at radius 1 is 0.303 bits per heavy atom. The molecule has 8 aromatic heterocycles. The van der Waals surface area contributed by atoms with Gasteiger partial charge in [0.15, 0.2) is 0 Å². The molecule has 13 aromatic carbocycles. The van der Waals surface area contributed by atoms with E-state index in [0.717, 1.165) is 96.6 Å². The summed E-state index contributed by atoms with van der Waals surface area (Å²) in [5.74, 6) is 0. The third kappa shape index (κ3) is 21.0. The molecule has 0 N–H and O–H groups in total. The van der Waals surface area contributed by atoms with E-state index in [1.807, 2.05) is 186 Å². The molecule has 22 rings (SSSR count). The maximum absolute atomic E-state index is 4.61. The van der Waals surface area contributed by atoms with E-state index in [0.29, 0.717) is 0 Å². The van der Waals surface area contributed by atoms with Gasteiger partial charge in [0.25, 0.3) is 0 Å². The van der Waals surface area contributed by atoms with E-state index in [1.165, 1.54) is 136 Å². The van der Waals surface area contributed by atoms with E-state index in [9.17, 15) is 0 Å². The van der Waals surface area contributed by atoms with Crippen molar-refractivity contribution in [3.8, 4) is 84.3 Å². The van der Waals surface area contributed by atoms with Crippen LogP contribution in [0.5, 0.6) is 0 Å². The van der Waals surface area contributed by atoms with Crippen molar-refractivity contribution in [3.63, 3.8) is 0 Å². The average molecular weight is 2280 g/mol. The van der Waals surface area contributed by atoms with Gasteiger partial charge in [-0.1, -0.05) is 178 Å². The topological polar surface area (TPSA) is 112 Å². The zero-order valence-electron chi connectivity index (χ0n) is 76.2. The van der Waals surface area contributed by atoms with Gasteiger partial charge in [-0.3, -0.25) is 28.1 Å². The van der Waals surface area contributed by atoms with Crippen LogP contribution in [0.15, 0.2) is 334 Å². The first-order valence-electron chi connectivity index (χ1n) is 44.4. The summed E-state index contributed by atoms with van der Waals surface area (Å²) in [7, 11) is 0. The molecule has 0 aliphatic heterocycles. The predicted molar refractivity (Wildman–Crippen MR) is 531 cm³/mol. The van der Waals surface area contributed by atoms with Crippen molar-refractivity contribution in [1.82, 2.24) is 63.3 Å². The standard InChI is InChI=1S/C32H35N2.C29H22N3.C21H13N2S.3C11H11N2.3Ir/c1-5-7-19-32(20-8-6-2)30-12-10-9-11-28(30)29-18-15-26(22-31(29)32)25-13-16-27(17-14-25)34-24(4)21-23(3)33-34;1-20-18-21(2)32(30-20)25-15-12-22(13-16-25)23-14-17-27-26-10-6-7-11-28(26)31(29(27)19-23)24-8-4-3-5-9-24;1-2-5-20-18(4-1)19-11-8-16(14-21(19)24-20)15-6-9-17(10-7-15)23-13-3-12-22-23;3*1-9-8-10(2)13(12-9)11-6-4-3-5-7-11;;;/h9-16,18,21-22H,5-8,19-20H2,1-4H3;3-15,17-19H,1-2H3;1-9,11-14H;3*3-6,8H,1-2H3;;;/q6*-1;;;. The van der Waals surface area contributed by atoms with E-state index in [1.54, 1.807) is 6.20 Å². The third-order valence-corrected chi connectivity index (χ3v) is 24.8. The predicted octanol–water partition coefficient (Wildman–Crippen LogP) is 28.2. The summed E-state index contributed by atoms with van der Waals surface area (Å²) >= 11 is 1.85. The number of unbranched alkanes of at least 4 members (excludes halogenated alkanes) is 2. The van der Waals surface area contributed by atoms with Gasteiger partial charge in [0.05, 0.1) is 39.5 Å². The number of rotatable bonds is 16. The number of benzene rings is 13. The molecular formula is C115H103Ir3N13S-6. The number of hydrogen-bond acceptors (Lipinski definition) is 7. The molecule has 0 spiro atoms. The van der Waals surface area contributed by atoms with Crippen LogP contribution in [0.4, 0.5) is 0 Å². The monoisotopic (exact) mass is 2280 g/mol. The van der Waals surface area contributed by atoms with Crippen LogP contribution >= 0.6 is 11.3 Å². The van der Waals surface area contributed by atoms with Gasteiger partial charge in [0.2, 0.25) is 0 Å². The zero-order valence-corrected chi connectivity index (χ0v) is 84.2. The maximum atomic E-state index is 4.61. The molecular weight excluding hydrogens is 2170 g/mol. The number of aromatic nitrogens is 13. The molecule has 3 radical (unpaired) electrons. The quantitative estimate of drug-likeness (QED) is 0.0891. The Bertz CT molecular complexity index is 7170. The van der Waals surface area contributed by atoms with Gasteiger partial charge in [-0.2, -0.15) is 158 Å². The van der Waals surface area contributed by atoms with Crippen molar-refractivity contribution >= 4 is 53.3 Å². The van der Waals surface area contributed by atoms with Crippen LogP contribution in [0.3, 0.4) is 0 Å². The largest absolute Gasteiger partial charge is 0.309 e. The summed E-state index contributed by atoms with van der Waals surface area (Å²) in [5.41, 5.74) is 33.5. The summed E-state index contributed by atoms with van der Waals surface area (Å²) in [6.07, 6.45) is 11.1. The fourth-order valence-electron chi connectivity index (χ4n) is 17.7. The smallest absolute Gasteiger partial charge is 0.0600 e. The minimum atomic E-state index is 0. The van der Waals surface area contributed by atoms with Gasteiger partial charge < -0.3 is 4.57 Å². The first-order valence-corrected chi connectivity index (χ1v) is 45.2. The third-order valence-electron chi connectivity index (χ3n) is 23.7. The van der Waals surface area contributed by atoms with Crippen molar-refractivity contribution in [3.05, 3.63) is 438 Å². The molecule has 0 bridgehead atoms. The van der Waals surface area contributed by atoms with Gasteiger partial charge in [-0.05, 0) is 211 Å². The molecule has 1 aliphatic carbocycles. The average Bonchev–Trinajstić information content (AvgIpc) is 1.56. The second-order valence-electron chi connectivity index (χ2n) is 33.1. The second-order valence-corrected chi connectivity index (χ2v) is 34.2. The normalized spacial score (nSPS) is 11.4. The number of thiophene rings is 1. The molecule has 667 valence electrons. The van der Waals surface area contributed by atoms with Crippen LogP contribution < -0.4 is 0 Å². The number of nitrogens with zero attached hydrogens (tertiary/aromatic N) is 13. The van der Waals surface area contributed by atoms with Crippen molar-refractivity contribution < 1.29 is 60.3 Å². The number of hydrogen-bond donors (Lipinski definition) is 0. The molecule has 0 saturated carbocycles. The number of para-hydroxylation sites is 5. The second kappa shape index (κ2) is 43.4. The van der Waals surface area contributed by atoms with E-state index < -0.39 is 0 Å². The van der Waals surface area contributed by atoms with Crippen LogP contribution in [0.25, 0.3) is 126 Å². The Morgan fingerprint density at radius 3 is 1.14 bits per heavy atom. The number of aryl methyl sites for hydroxylation is 10. The Kier molecular flexibility index (Phi) is 31.3. The maximum Gasteiger partial charge on any atom is 0.0600 e. The molecule has 0 atom stereocenters. The molecule has 8 heterocycles. The summed E-state index contributed by atoms with van der Waals surface area (Å²) in [6, 6.07) is 132.